The number of benzene rings is 2. The van der Waals surface area contributed by atoms with Gasteiger partial charge in [-0.15, -0.1) is 0 Å². The number of rotatable bonds is 6. The number of alkyl halides is 6. The Bertz CT molecular complexity index is 1600. The van der Waals surface area contributed by atoms with Gasteiger partial charge in [0.15, 0.2) is 0 Å². The van der Waals surface area contributed by atoms with Crippen molar-refractivity contribution in [2.24, 2.45) is 0 Å². The van der Waals surface area contributed by atoms with Gasteiger partial charge in [0, 0.05) is 16.7 Å². The lowest BCUT2D eigenvalue weighted by atomic mass is 9.97. The summed E-state index contributed by atoms with van der Waals surface area (Å²) < 4.78 is 89.2. The van der Waals surface area contributed by atoms with Crippen LogP contribution in [0.4, 0.5) is 26.3 Å². The summed E-state index contributed by atoms with van der Waals surface area (Å²) in [5, 5.41) is 36.5. The standard InChI is InChI=1S/C23H17F3N4O6.C2HF3O2/c24-23(25,26)17-18(11-4-2-1-3-5-11)29-35-20(17)22-28-21(30-36-22)12-6-7-13-15(8-12)34-10-14(19(13)33)27-9-16(31)32;3-2(4,5)1(6)7/h1-8,14,19,27,33H,9-10H2,(H,31,32);(H,6,7)/t14-,19+;/m1./s1. The maximum absolute atomic E-state index is 13.9. The van der Waals surface area contributed by atoms with Gasteiger partial charge < -0.3 is 29.1 Å². The molecule has 0 spiro atoms. The second-order valence-corrected chi connectivity index (χ2v) is 8.71. The van der Waals surface area contributed by atoms with Crippen molar-refractivity contribution < 1.29 is 65.0 Å². The lowest BCUT2D eigenvalue weighted by molar-refractivity contribution is -0.192. The van der Waals surface area contributed by atoms with E-state index in [0.29, 0.717) is 16.9 Å². The zero-order valence-corrected chi connectivity index (χ0v) is 21.2. The number of carboxylic acids is 2. The molecule has 0 radical (unpaired) electrons. The predicted octanol–water partition coefficient (Wildman–Crippen LogP) is 4.18. The summed E-state index contributed by atoms with van der Waals surface area (Å²) in [5.41, 5.74) is -0.579. The van der Waals surface area contributed by atoms with Gasteiger partial charge in [-0.1, -0.05) is 52.8 Å². The van der Waals surface area contributed by atoms with Crippen molar-refractivity contribution in [3.63, 3.8) is 0 Å². The molecule has 0 amide bonds. The number of ether oxygens (including phenoxy) is 1. The SMILES string of the molecule is O=C(O)C(F)(F)F.O=C(O)CN[C@@H]1COc2cc(-c3noc(-c4onc(-c5ccccc5)c4C(F)(F)F)n3)ccc2[C@@H]1O. The predicted molar refractivity (Wildman–Crippen MR) is 129 cm³/mol. The van der Waals surface area contributed by atoms with Crippen LogP contribution in [-0.4, -0.2) is 67.9 Å². The Morgan fingerprint density at radius 2 is 1.63 bits per heavy atom. The molecule has 1 aliphatic heterocycles. The highest BCUT2D eigenvalue weighted by molar-refractivity contribution is 5.73. The molecule has 2 atom stereocenters. The van der Waals surface area contributed by atoms with Crippen molar-refractivity contribution in [1.82, 2.24) is 20.6 Å². The van der Waals surface area contributed by atoms with Crippen LogP contribution in [0.2, 0.25) is 0 Å². The first-order valence-electron chi connectivity index (χ1n) is 11.8. The minimum absolute atomic E-state index is 0.00232. The molecule has 2 aromatic carbocycles. The molecule has 4 N–H and O–H groups in total. The van der Waals surface area contributed by atoms with E-state index >= 15 is 0 Å². The van der Waals surface area contributed by atoms with E-state index in [0.717, 1.165) is 0 Å². The Hall–Kier alpha value is -4.97. The van der Waals surface area contributed by atoms with Crippen molar-refractivity contribution in [1.29, 1.82) is 0 Å². The van der Waals surface area contributed by atoms with Crippen LogP contribution in [0.5, 0.6) is 5.75 Å². The molecule has 12 nitrogen and oxygen atoms in total. The number of halogens is 6. The van der Waals surface area contributed by atoms with Crippen molar-refractivity contribution in [2.45, 2.75) is 24.5 Å². The molecule has 2 aromatic heterocycles. The number of nitrogens with zero attached hydrogens (tertiary/aromatic N) is 3. The third kappa shape index (κ3) is 7.09. The number of hydrogen-bond acceptors (Lipinski definition) is 10. The van der Waals surface area contributed by atoms with Gasteiger partial charge in [0.2, 0.25) is 11.6 Å². The van der Waals surface area contributed by atoms with Gasteiger partial charge in [-0.25, -0.2) is 4.79 Å². The Balaban J connectivity index is 0.000000541. The van der Waals surface area contributed by atoms with E-state index in [2.05, 4.69) is 20.6 Å². The van der Waals surface area contributed by atoms with Crippen LogP contribution in [0.1, 0.15) is 17.2 Å². The van der Waals surface area contributed by atoms with Crippen LogP contribution < -0.4 is 10.1 Å². The molecule has 4 aromatic rings. The van der Waals surface area contributed by atoms with Crippen molar-refractivity contribution in [3.05, 3.63) is 59.7 Å². The number of carbonyl (C=O) groups is 2. The smallest absolute Gasteiger partial charge is 0.490 e. The normalized spacial score (nSPS) is 16.4. The van der Waals surface area contributed by atoms with E-state index in [1.54, 1.807) is 18.2 Å². The van der Waals surface area contributed by atoms with Gasteiger partial charge in [0.1, 0.15) is 29.7 Å². The minimum Gasteiger partial charge on any atom is -0.491 e. The number of carboxylic acid groups (broad SMARTS) is 2. The average molecular weight is 616 g/mol. The van der Waals surface area contributed by atoms with Crippen LogP contribution in [0.25, 0.3) is 34.3 Å². The van der Waals surface area contributed by atoms with E-state index < -0.39 is 59.3 Å². The first-order chi connectivity index (χ1) is 20.2. The molecule has 3 heterocycles. The van der Waals surface area contributed by atoms with E-state index in [1.165, 1.54) is 30.3 Å². The fourth-order valence-corrected chi connectivity index (χ4v) is 3.84. The minimum atomic E-state index is -5.08. The molecule has 0 aliphatic carbocycles. The monoisotopic (exact) mass is 616 g/mol. The number of aliphatic carboxylic acids is 2. The fourth-order valence-electron chi connectivity index (χ4n) is 3.84. The molecule has 0 saturated carbocycles. The summed E-state index contributed by atoms with van der Waals surface area (Å²) in [6.45, 7) is -0.352. The summed E-state index contributed by atoms with van der Waals surface area (Å²) in [6.07, 6.45) is -10.9. The molecule has 0 unspecified atom stereocenters. The lowest BCUT2D eigenvalue weighted by Gasteiger charge is -2.30. The third-order valence-electron chi connectivity index (χ3n) is 5.79. The maximum atomic E-state index is 13.9. The largest absolute Gasteiger partial charge is 0.491 e. The van der Waals surface area contributed by atoms with Gasteiger partial charge in [-0.3, -0.25) is 10.1 Å². The first kappa shape index (κ1) is 31.0. The Morgan fingerprint density at radius 1 is 0.953 bits per heavy atom. The molecule has 228 valence electrons. The number of aliphatic hydroxyl groups is 1. The van der Waals surface area contributed by atoms with E-state index in [4.69, 9.17) is 28.8 Å². The number of nitrogens with one attached hydrogen (secondary N) is 1. The summed E-state index contributed by atoms with van der Waals surface area (Å²) in [6, 6.07) is 11.7. The molecule has 5 rings (SSSR count). The average Bonchev–Trinajstić information content (AvgIpc) is 3.61. The van der Waals surface area contributed by atoms with Gasteiger partial charge in [-0.2, -0.15) is 31.3 Å². The zero-order valence-electron chi connectivity index (χ0n) is 21.2. The highest BCUT2D eigenvalue weighted by atomic mass is 19.4. The topological polar surface area (TPSA) is 181 Å². The summed E-state index contributed by atoms with van der Waals surface area (Å²) >= 11 is 0. The molecule has 0 saturated heterocycles. The van der Waals surface area contributed by atoms with Gasteiger partial charge in [0.05, 0.1) is 12.6 Å². The molecular weight excluding hydrogens is 598 g/mol. The molecular formula is C25H18F6N4O8. The van der Waals surface area contributed by atoms with E-state index in [9.17, 15) is 36.2 Å². The summed E-state index contributed by atoms with van der Waals surface area (Å²) in [7, 11) is 0. The molecule has 0 fully saturated rings. The molecule has 1 aliphatic rings. The van der Waals surface area contributed by atoms with Crippen molar-refractivity contribution >= 4 is 11.9 Å². The van der Waals surface area contributed by atoms with Gasteiger partial charge in [-0.05, 0) is 6.07 Å². The Morgan fingerprint density at radius 3 is 2.23 bits per heavy atom. The van der Waals surface area contributed by atoms with Crippen molar-refractivity contribution in [2.75, 3.05) is 13.2 Å². The van der Waals surface area contributed by atoms with Crippen LogP contribution in [-0.2, 0) is 15.8 Å². The number of hydrogen-bond donors (Lipinski definition) is 4. The Kier molecular flexibility index (Phi) is 8.72. The quantitative estimate of drug-likeness (QED) is 0.227. The molecule has 18 heteroatoms. The summed E-state index contributed by atoms with van der Waals surface area (Å²) in [5.74, 6) is -4.80. The van der Waals surface area contributed by atoms with E-state index in [-0.39, 0.29) is 24.5 Å². The fraction of sp³-hybridized carbons (Fsp3) is 0.240. The zero-order chi connectivity index (χ0) is 31.5. The second kappa shape index (κ2) is 12.1. The highest BCUT2D eigenvalue weighted by Gasteiger charge is 2.43. The third-order valence-corrected chi connectivity index (χ3v) is 5.79. The van der Waals surface area contributed by atoms with Crippen LogP contribution in [0, 0.1) is 0 Å². The lowest BCUT2D eigenvalue weighted by Crippen LogP contribution is -2.44. The number of fused-ring (bicyclic) bond motifs is 1. The van der Waals surface area contributed by atoms with Crippen LogP contribution in [0.3, 0.4) is 0 Å². The number of aliphatic hydroxyl groups excluding tert-OH is 1. The summed E-state index contributed by atoms with van der Waals surface area (Å²) in [4.78, 5) is 23.7. The van der Waals surface area contributed by atoms with Crippen LogP contribution in [0.15, 0.2) is 57.6 Å². The van der Waals surface area contributed by atoms with Gasteiger partial charge >= 0.3 is 24.3 Å². The second-order valence-electron chi connectivity index (χ2n) is 8.71. The molecule has 0 bridgehead atoms. The highest BCUT2D eigenvalue weighted by Crippen LogP contribution is 2.43. The van der Waals surface area contributed by atoms with Crippen LogP contribution >= 0.6 is 0 Å². The van der Waals surface area contributed by atoms with E-state index in [1.807, 2.05) is 0 Å². The van der Waals surface area contributed by atoms with Crippen molar-refractivity contribution in [3.8, 4) is 40.0 Å². The van der Waals surface area contributed by atoms with Gasteiger partial charge in [0.25, 0.3) is 5.89 Å². The Labute approximate surface area is 235 Å². The maximum Gasteiger partial charge on any atom is 0.490 e. The molecule has 43 heavy (non-hydrogen) atoms. The number of aromatic nitrogens is 3. The first-order valence-corrected chi connectivity index (χ1v) is 11.8.